The Labute approximate surface area is 115 Å². The topological polar surface area (TPSA) is 72.4 Å². The summed E-state index contributed by atoms with van der Waals surface area (Å²) in [5.74, 6) is -0.343. The third-order valence-electron chi connectivity index (χ3n) is 3.36. The van der Waals surface area contributed by atoms with Crippen molar-refractivity contribution in [2.75, 3.05) is 13.7 Å². The maximum atomic E-state index is 12.5. The molecule has 1 unspecified atom stereocenters. The number of aromatic nitrogens is 2. The Morgan fingerprint density at radius 1 is 1.47 bits per heavy atom. The van der Waals surface area contributed by atoms with Crippen LogP contribution in [0.15, 0.2) is 0 Å². The third-order valence-corrected chi connectivity index (χ3v) is 4.18. The molecule has 2 rings (SSSR count). The fourth-order valence-electron chi connectivity index (χ4n) is 2.31. The largest absolute Gasteiger partial charge is 0.469 e. The standard InChI is InChI=1S/C12H17N3O3S/c1-8-11(19-14-13-8)12(17)15-6-4-3-5-9(15)7-10(16)18-2/h9H,3-7H2,1-2H3. The minimum Gasteiger partial charge on any atom is -0.469 e. The molecule has 1 aliphatic rings. The zero-order valence-corrected chi connectivity index (χ0v) is 11.9. The van der Waals surface area contributed by atoms with Crippen molar-refractivity contribution in [2.45, 2.75) is 38.6 Å². The maximum Gasteiger partial charge on any atom is 0.307 e. The number of rotatable bonds is 3. The molecule has 0 bridgehead atoms. The zero-order valence-electron chi connectivity index (χ0n) is 11.1. The Hall–Kier alpha value is -1.50. The van der Waals surface area contributed by atoms with Gasteiger partial charge in [-0.05, 0) is 37.7 Å². The average Bonchev–Trinajstić information content (AvgIpc) is 2.84. The molecule has 0 radical (unpaired) electrons. The predicted molar refractivity (Wildman–Crippen MR) is 70.0 cm³/mol. The van der Waals surface area contributed by atoms with Crippen LogP contribution in [0.5, 0.6) is 0 Å². The molecular weight excluding hydrogens is 266 g/mol. The van der Waals surface area contributed by atoms with Crippen LogP contribution in [-0.4, -0.2) is 46.1 Å². The van der Waals surface area contributed by atoms with E-state index >= 15 is 0 Å². The van der Waals surface area contributed by atoms with Crippen LogP contribution in [0.4, 0.5) is 0 Å². The van der Waals surface area contributed by atoms with E-state index < -0.39 is 0 Å². The number of methoxy groups -OCH3 is 1. The SMILES string of the molecule is COC(=O)CC1CCCCN1C(=O)c1snnc1C. The highest BCUT2D eigenvalue weighted by Crippen LogP contribution is 2.24. The quantitative estimate of drug-likeness (QED) is 0.784. The van der Waals surface area contributed by atoms with Crippen LogP contribution in [0.2, 0.25) is 0 Å². The van der Waals surface area contributed by atoms with Crippen molar-refractivity contribution in [1.29, 1.82) is 0 Å². The van der Waals surface area contributed by atoms with Crippen LogP contribution >= 0.6 is 11.5 Å². The van der Waals surface area contributed by atoms with Gasteiger partial charge in [-0.1, -0.05) is 4.49 Å². The molecule has 1 atom stereocenters. The van der Waals surface area contributed by atoms with Gasteiger partial charge in [0, 0.05) is 12.6 Å². The number of aryl methyl sites for hydroxylation is 1. The van der Waals surface area contributed by atoms with E-state index in [0.29, 0.717) is 17.1 Å². The Morgan fingerprint density at radius 2 is 2.26 bits per heavy atom. The van der Waals surface area contributed by atoms with Crippen LogP contribution in [0.25, 0.3) is 0 Å². The van der Waals surface area contributed by atoms with Crippen molar-refractivity contribution in [3.05, 3.63) is 10.6 Å². The number of hydrogen-bond acceptors (Lipinski definition) is 6. The molecule has 1 aromatic rings. The van der Waals surface area contributed by atoms with Crippen LogP contribution in [0.3, 0.4) is 0 Å². The van der Waals surface area contributed by atoms with Crippen LogP contribution in [0, 0.1) is 6.92 Å². The van der Waals surface area contributed by atoms with Gasteiger partial charge in [-0.15, -0.1) is 5.10 Å². The van der Waals surface area contributed by atoms with Gasteiger partial charge in [0.15, 0.2) is 0 Å². The summed E-state index contributed by atoms with van der Waals surface area (Å²) in [5.41, 5.74) is 0.650. The molecule has 2 heterocycles. The van der Waals surface area contributed by atoms with Crippen molar-refractivity contribution in [2.24, 2.45) is 0 Å². The molecule has 19 heavy (non-hydrogen) atoms. The lowest BCUT2D eigenvalue weighted by Crippen LogP contribution is -2.44. The minimum atomic E-state index is -0.274. The van der Waals surface area contributed by atoms with E-state index in [0.717, 1.165) is 30.8 Å². The molecular formula is C12H17N3O3S. The number of hydrogen-bond donors (Lipinski definition) is 0. The van der Waals surface area contributed by atoms with E-state index in [4.69, 9.17) is 4.74 Å². The minimum absolute atomic E-state index is 0.0684. The third kappa shape index (κ3) is 3.09. The number of piperidine rings is 1. The summed E-state index contributed by atoms with van der Waals surface area (Å²) in [6, 6.07) is -0.0739. The zero-order chi connectivity index (χ0) is 13.8. The lowest BCUT2D eigenvalue weighted by atomic mass is 9.99. The van der Waals surface area contributed by atoms with E-state index in [1.807, 2.05) is 0 Å². The molecule has 0 aromatic carbocycles. The van der Waals surface area contributed by atoms with Gasteiger partial charge in [-0.25, -0.2) is 0 Å². The number of carbonyl (C=O) groups excluding carboxylic acids is 2. The molecule has 104 valence electrons. The van der Waals surface area contributed by atoms with Gasteiger partial charge in [0.1, 0.15) is 4.88 Å². The first-order valence-electron chi connectivity index (χ1n) is 6.30. The Morgan fingerprint density at radius 3 is 2.89 bits per heavy atom. The molecule has 0 spiro atoms. The summed E-state index contributed by atoms with van der Waals surface area (Å²) in [5, 5.41) is 3.86. The monoisotopic (exact) mass is 283 g/mol. The molecule has 6 nitrogen and oxygen atoms in total. The van der Waals surface area contributed by atoms with Crippen molar-refractivity contribution < 1.29 is 14.3 Å². The van der Waals surface area contributed by atoms with Gasteiger partial charge in [0.25, 0.3) is 5.91 Å². The Bertz CT molecular complexity index is 475. The van der Waals surface area contributed by atoms with E-state index in [2.05, 4.69) is 9.59 Å². The smallest absolute Gasteiger partial charge is 0.307 e. The molecule has 1 aromatic heterocycles. The second-order valence-corrected chi connectivity index (χ2v) is 5.37. The first-order chi connectivity index (χ1) is 9.13. The van der Waals surface area contributed by atoms with Crippen molar-refractivity contribution in [3.8, 4) is 0 Å². The van der Waals surface area contributed by atoms with Crippen molar-refractivity contribution >= 4 is 23.4 Å². The van der Waals surface area contributed by atoms with Gasteiger partial charge in [-0.2, -0.15) is 0 Å². The highest BCUT2D eigenvalue weighted by Gasteiger charge is 2.31. The fraction of sp³-hybridized carbons (Fsp3) is 0.667. The number of esters is 1. The lowest BCUT2D eigenvalue weighted by molar-refractivity contribution is -0.142. The van der Waals surface area contributed by atoms with Crippen LogP contribution < -0.4 is 0 Å². The molecule has 0 N–H and O–H groups in total. The Balaban J connectivity index is 2.13. The molecule has 0 aliphatic carbocycles. The van der Waals surface area contributed by atoms with Gasteiger partial charge < -0.3 is 9.64 Å². The van der Waals surface area contributed by atoms with E-state index in [1.165, 1.54) is 7.11 Å². The second kappa shape index (κ2) is 6.10. The molecule has 1 fully saturated rings. The molecule has 7 heteroatoms. The van der Waals surface area contributed by atoms with E-state index in [9.17, 15) is 9.59 Å². The lowest BCUT2D eigenvalue weighted by Gasteiger charge is -2.34. The second-order valence-electron chi connectivity index (χ2n) is 4.62. The molecule has 1 saturated heterocycles. The van der Waals surface area contributed by atoms with Gasteiger partial charge in [-0.3, -0.25) is 9.59 Å². The molecule has 1 aliphatic heterocycles. The Kier molecular flexibility index (Phi) is 4.47. The molecule has 0 saturated carbocycles. The first kappa shape index (κ1) is 13.9. The van der Waals surface area contributed by atoms with Crippen molar-refractivity contribution in [1.82, 2.24) is 14.5 Å². The van der Waals surface area contributed by atoms with Gasteiger partial charge in [0.2, 0.25) is 0 Å². The van der Waals surface area contributed by atoms with Crippen LogP contribution in [0.1, 0.15) is 41.0 Å². The molecule has 1 amide bonds. The first-order valence-corrected chi connectivity index (χ1v) is 7.07. The maximum absolute atomic E-state index is 12.5. The number of likely N-dealkylation sites (tertiary alicyclic amines) is 1. The predicted octanol–water partition coefficient (Wildman–Crippen LogP) is 1.40. The normalized spacial score (nSPS) is 19.3. The average molecular weight is 283 g/mol. The summed E-state index contributed by atoms with van der Waals surface area (Å²) in [6.45, 7) is 2.45. The summed E-state index contributed by atoms with van der Waals surface area (Å²) in [6.07, 6.45) is 3.10. The summed E-state index contributed by atoms with van der Waals surface area (Å²) < 4.78 is 8.49. The summed E-state index contributed by atoms with van der Waals surface area (Å²) in [4.78, 5) is 26.2. The highest BCUT2D eigenvalue weighted by molar-refractivity contribution is 7.07. The summed E-state index contributed by atoms with van der Waals surface area (Å²) in [7, 11) is 1.37. The number of amides is 1. The van der Waals surface area contributed by atoms with Gasteiger partial charge >= 0.3 is 5.97 Å². The van der Waals surface area contributed by atoms with Crippen LogP contribution in [-0.2, 0) is 9.53 Å². The number of ether oxygens (including phenoxy) is 1. The van der Waals surface area contributed by atoms with Crippen molar-refractivity contribution in [3.63, 3.8) is 0 Å². The van der Waals surface area contributed by atoms with E-state index in [1.54, 1.807) is 11.8 Å². The number of carbonyl (C=O) groups is 2. The highest BCUT2D eigenvalue weighted by atomic mass is 32.1. The van der Waals surface area contributed by atoms with Gasteiger partial charge in [0.05, 0.1) is 19.2 Å². The van der Waals surface area contributed by atoms with E-state index in [-0.39, 0.29) is 24.3 Å². The summed E-state index contributed by atoms with van der Waals surface area (Å²) >= 11 is 1.11. The number of nitrogens with zero attached hydrogens (tertiary/aromatic N) is 3. The fourth-order valence-corrected chi connectivity index (χ4v) is 2.93.